The third-order valence-electron chi connectivity index (χ3n) is 6.51. The minimum atomic E-state index is -1.03. The second kappa shape index (κ2) is 8.54. The molecule has 3 heterocycles. The highest BCUT2D eigenvalue weighted by atomic mass is 19.1. The number of benzene rings is 2. The van der Waals surface area contributed by atoms with Gasteiger partial charge < -0.3 is 15.3 Å². The molecule has 0 fully saturated rings. The highest BCUT2D eigenvalue weighted by molar-refractivity contribution is 5.94. The molecular weight excluding hydrogens is 447 g/mol. The van der Waals surface area contributed by atoms with Crippen LogP contribution in [-0.2, 0) is 13.1 Å². The van der Waals surface area contributed by atoms with Crippen LogP contribution in [0.4, 0.5) is 15.9 Å². The number of hydrogen-bond donors (Lipinski definition) is 2. The quantitative estimate of drug-likeness (QED) is 0.432. The Balaban J connectivity index is 1.61. The molecule has 178 valence electrons. The number of aromatic carboxylic acids is 1. The zero-order valence-electron chi connectivity index (χ0n) is 19.7. The van der Waals surface area contributed by atoms with Crippen LogP contribution >= 0.6 is 0 Å². The first-order chi connectivity index (χ1) is 16.7. The van der Waals surface area contributed by atoms with Crippen molar-refractivity contribution in [2.45, 2.75) is 39.9 Å². The van der Waals surface area contributed by atoms with Crippen LogP contribution in [0.1, 0.15) is 51.1 Å². The third-order valence-corrected chi connectivity index (χ3v) is 6.51. The number of carboxylic acid groups (broad SMARTS) is 1. The second-order valence-corrected chi connectivity index (χ2v) is 8.98. The van der Waals surface area contributed by atoms with Gasteiger partial charge in [-0.1, -0.05) is 24.3 Å². The fourth-order valence-electron chi connectivity index (χ4n) is 4.75. The van der Waals surface area contributed by atoms with E-state index in [0.29, 0.717) is 41.4 Å². The Morgan fingerprint density at radius 2 is 1.91 bits per heavy atom. The smallest absolute Gasteiger partial charge is 0.337 e. The summed E-state index contributed by atoms with van der Waals surface area (Å²) in [5.74, 6) is -0.761. The Bertz CT molecular complexity index is 1550. The summed E-state index contributed by atoms with van der Waals surface area (Å²) in [5.41, 5.74) is 4.56. The average molecular weight is 473 g/mol. The average Bonchev–Trinajstić information content (AvgIpc) is 3.27. The summed E-state index contributed by atoms with van der Waals surface area (Å²) in [6, 6.07) is 13.3. The number of hydrogen-bond acceptors (Lipinski definition) is 5. The Morgan fingerprint density at radius 1 is 1.14 bits per heavy atom. The summed E-state index contributed by atoms with van der Waals surface area (Å²) >= 11 is 0. The van der Waals surface area contributed by atoms with Crippen molar-refractivity contribution >= 4 is 23.1 Å². The predicted octanol–water partition coefficient (Wildman–Crippen LogP) is 4.84. The SMILES string of the molecule is Cc1cc([C@@H](C)Nc2ccccc2C(=O)O)c2nc(N3Cc4cccc(F)c4C3)c(C)c(=O)n2c1. The lowest BCUT2D eigenvalue weighted by Crippen LogP contribution is -2.27. The van der Waals surface area contributed by atoms with Gasteiger partial charge in [-0.15, -0.1) is 0 Å². The van der Waals surface area contributed by atoms with Crippen molar-refractivity contribution in [2.75, 3.05) is 10.2 Å². The van der Waals surface area contributed by atoms with Crippen molar-refractivity contribution in [1.29, 1.82) is 0 Å². The third kappa shape index (κ3) is 3.90. The summed E-state index contributed by atoms with van der Waals surface area (Å²) in [5, 5.41) is 12.8. The van der Waals surface area contributed by atoms with Crippen molar-refractivity contribution < 1.29 is 14.3 Å². The van der Waals surface area contributed by atoms with E-state index in [-0.39, 0.29) is 23.0 Å². The lowest BCUT2D eigenvalue weighted by atomic mass is 10.1. The Kier molecular flexibility index (Phi) is 5.51. The van der Waals surface area contributed by atoms with E-state index in [0.717, 1.165) is 16.7 Å². The number of aromatic nitrogens is 2. The van der Waals surface area contributed by atoms with Gasteiger partial charge in [-0.3, -0.25) is 9.20 Å². The van der Waals surface area contributed by atoms with Gasteiger partial charge in [0, 0.05) is 36.1 Å². The van der Waals surface area contributed by atoms with E-state index < -0.39 is 5.97 Å². The number of fused-ring (bicyclic) bond motifs is 2. The molecule has 2 aromatic heterocycles. The molecule has 0 unspecified atom stereocenters. The van der Waals surface area contributed by atoms with E-state index in [4.69, 9.17) is 4.98 Å². The number of nitrogens with zero attached hydrogens (tertiary/aromatic N) is 3. The summed E-state index contributed by atoms with van der Waals surface area (Å²) < 4.78 is 15.9. The highest BCUT2D eigenvalue weighted by Gasteiger charge is 2.26. The molecule has 1 aliphatic rings. The lowest BCUT2D eigenvalue weighted by molar-refractivity contribution is 0.0698. The molecule has 1 aliphatic heterocycles. The molecule has 0 saturated heterocycles. The first-order valence-corrected chi connectivity index (χ1v) is 11.4. The number of aryl methyl sites for hydroxylation is 1. The van der Waals surface area contributed by atoms with E-state index in [2.05, 4.69) is 5.32 Å². The van der Waals surface area contributed by atoms with Gasteiger partial charge in [0.2, 0.25) is 0 Å². The first kappa shape index (κ1) is 22.6. The first-order valence-electron chi connectivity index (χ1n) is 11.4. The maximum atomic E-state index is 14.4. The molecule has 0 saturated carbocycles. The van der Waals surface area contributed by atoms with Crippen molar-refractivity contribution in [3.05, 3.63) is 104 Å². The highest BCUT2D eigenvalue weighted by Crippen LogP contribution is 2.31. The van der Waals surface area contributed by atoms with Gasteiger partial charge in [-0.05, 0) is 56.2 Å². The molecule has 5 rings (SSSR count). The molecule has 7 nitrogen and oxygen atoms in total. The number of carbonyl (C=O) groups is 1. The predicted molar refractivity (Wildman–Crippen MR) is 133 cm³/mol. The second-order valence-electron chi connectivity index (χ2n) is 8.98. The van der Waals surface area contributed by atoms with Crippen LogP contribution in [0.5, 0.6) is 0 Å². The van der Waals surface area contributed by atoms with Gasteiger partial charge in [-0.2, -0.15) is 0 Å². The zero-order chi connectivity index (χ0) is 24.9. The van der Waals surface area contributed by atoms with Crippen LogP contribution in [0.15, 0.2) is 59.5 Å². The fourth-order valence-corrected chi connectivity index (χ4v) is 4.75. The summed E-state index contributed by atoms with van der Waals surface area (Å²) in [7, 11) is 0. The molecule has 1 atom stereocenters. The normalized spacial score (nSPS) is 13.7. The summed E-state index contributed by atoms with van der Waals surface area (Å²) in [6.45, 7) is 6.35. The number of carboxylic acids is 1. The van der Waals surface area contributed by atoms with Crippen molar-refractivity contribution in [2.24, 2.45) is 0 Å². The number of rotatable bonds is 5. The minimum Gasteiger partial charge on any atom is -0.478 e. The molecule has 8 heteroatoms. The fraction of sp³-hybridized carbons (Fsp3) is 0.222. The van der Waals surface area contributed by atoms with E-state index in [1.165, 1.54) is 10.5 Å². The molecule has 0 spiro atoms. The summed E-state index contributed by atoms with van der Waals surface area (Å²) in [6.07, 6.45) is 1.75. The Morgan fingerprint density at radius 3 is 2.66 bits per heavy atom. The monoisotopic (exact) mass is 472 g/mol. The molecular formula is C27H25FN4O3. The lowest BCUT2D eigenvalue weighted by Gasteiger charge is -2.23. The molecule has 4 aromatic rings. The van der Waals surface area contributed by atoms with Gasteiger partial charge in [0.1, 0.15) is 17.3 Å². The largest absolute Gasteiger partial charge is 0.478 e. The van der Waals surface area contributed by atoms with E-state index in [1.807, 2.05) is 30.9 Å². The number of nitrogens with one attached hydrogen (secondary N) is 1. The Labute approximate surface area is 201 Å². The summed E-state index contributed by atoms with van der Waals surface area (Å²) in [4.78, 5) is 31.9. The topological polar surface area (TPSA) is 86.9 Å². The standard InChI is InChI=1S/C27H25FN4O3/c1-15-11-20(17(3)29-23-10-5-4-8-19(23)27(34)35)25-30-24(16(2)26(33)32(25)12-15)31-13-18-7-6-9-22(28)21(18)14-31/h4-12,17,29H,13-14H2,1-3H3,(H,34,35)/t17-/m1/s1. The molecule has 35 heavy (non-hydrogen) atoms. The van der Waals surface area contributed by atoms with Gasteiger partial charge in [0.25, 0.3) is 5.56 Å². The van der Waals surface area contributed by atoms with E-state index in [1.54, 1.807) is 43.5 Å². The zero-order valence-corrected chi connectivity index (χ0v) is 19.7. The molecule has 0 radical (unpaired) electrons. The van der Waals surface area contributed by atoms with Crippen molar-refractivity contribution in [3.63, 3.8) is 0 Å². The number of para-hydroxylation sites is 1. The number of anilines is 2. The van der Waals surface area contributed by atoms with Gasteiger partial charge in [0.05, 0.1) is 17.2 Å². The van der Waals surface area contributed by atoms with Gasteiger partial charge in [0.15, 0.2) is 0 Å². The van der Waals surface area contributed by atoms with Crippen molar-refractivity contribution in [1.82, 2.24) is 9.38 Å². The van der Waals surface area contributed by atoms with Crippen LogP contribution in [0.3, 0.4) is 0 Å². The number of halogens is 1. The molecule has 0 amide bonds. The van der Waals surface area contributed by atoms with Gasteiger partial charge in [-0.25, -0.2) is 14.2 Å². The molecule has 2 N–H and O–H groups in total. The number of pyridine rings is 1. The molecule has 0 bridgehead atoms. The van der Waals surface area contributed by atoms with Crippen LogP contribution < -0.4 is 15.8 Å². The Hall–Kier alpha value is -4.20. The molecule has 0 aliphatic carbocycles. The van der Waals surface area contributed by atoms with Crippen LogP contribution in [0.25, 0.3) is 5.65 Å². The van der Waals surface area contributed by atoms with Crippen LogP contribution in [-0.4, -0.2) is 20.5 Å². The molecule has 2 aromatic carbocycles. The van der Waals surface area contributed by atoms with Crippen molar-refractivity contribution in [3.8, 4) is 0 Å². The van der Waals surface area contributed by atoms with E-state index in [9.17, 15) is 19.1 Å². The maximum absolute atomic E-state index is 14.4. The van der Waals surface area contributed by atoms with Crippen LogP contribution in [0.2, 0.25) is 0 Å². The van der Waals surface area contributed by atoms with E-state index >= 15 is 0 Å². The maximum Gasteiger partial charge on any atom is 0.337 e. The van der Waals surface area contributed by atoms with Gasteiger partial charge >= 0.3 is 5.97 Å². The minimum absolute atomic E-state index is 0.162. The van der Waals surface area contributed by atoms with Crippen LogP contribution in [0, 0.1) is 19.7 Å².